The van der Waals surface area contributed by atoms with Crippen molar-refractivity contribution in [3.8, 4) is 34.9 Å². The highest BCUT2D eigenvalue weighted by Gasteiger charge is 2.36. The number of aromatic nitrogens is 2. The van der Waals surface area contributed by atoms with E-state index in [9.17, 15) is 4.79 Å². The molecule has 0 saturated carbocycles. The smallest absolute Gasteiger partial charge is 0.218 e. The van der Waals surface area contributed by atoms with Gasteiger partial charge in [-0.25, -0.2) is 9.97 Å². The Hall–Kier alpha value is -3.45. The first kappa shape index (κ1) is 13.5. The fourth-order valence-corrected chi connectivity index (χ4v) is 2.41. The first-order chi connectivity index (χ1) is 10.7. The van der Waals surface area contributed by atoms with E-state index >= 15 is 0 Å². The molecule has 0 atom stereocenters. The average Bonchev–Trinajstić information content (AvgIpc) is 2.85. The summed E-state index contributed by atoms with van der Waals surface area (Å²) in [5, 5.41) is 18.1. The number of ether oxygens (including phenoxy) is 2. The zero-order valence-electron chi connectivity index (χ0n) is 11.7. The van der Waals surface area contributed by atoms with E-state index in [2.05, 4.69) is 9.97 Å². The van der Waals surface area contributed by atoms with Crippen LogP contribution in [0.25, 0.3) is 11.3 Å². The Labute approximate surface area is 125 Å². The number of carbonyl (C=O) groups is 1. The van der Waals surface area contributed by atoms with E-state index in [1.807, 2.05) is 6.07 Å². The van der Waals surface area contributed by atoms with Gasteiger partial charge < -0.3 is 9.47 Å². The number of hydrogen-bond donors (Lipinski definition) is 0. The molecule has 0 bridgehead atoms. The van der Waals surface area contributed by atoms with Crippen molar-refractivity contribution in [1.82, 2.24) is 9.97 Å². The summed E-state index contributed by atoms with van der Waals surface area (Å²) < 4.78 is 10.5. The summed E-state index contributed by atoms with van der Waals surface area (Å²) in [6.45, 7) is 0. The van der Waals surface area contributed by atoms with Gasteiger partial charge in [-0.2, -0.15) is 10.5 Å². The molecule has 0 fully saturated rings. The Bertz CT molecular complexity index is 906. The van der Waals surface area contributed by atoms with Gasteiger partial charge in [0, 0.05) is 0 Å². The maximum atomic E-state index is 12.6. The van der Waals surface area contributed by atoms with Crippen molar-refractivity contribution >= 4 is 5.78 Å². The molecule has 1 heterocycles. The van der Waals surface area contributed by atoms with Crippen molar-refractivity contribution in [2.75, 3.05) is 14.2 Å². The molecule has 0 spiro atoms. The van der Waals surface area contributed by atoms with Crippen LogP contribution in [0.15, 0.2) is 12.1 Å². The van der Waals surface area contributed by atoms with Crippen molar-refractivity contribution in [3.05, 3.63) is 34.8 Å². The molecule has 0 N–H and O–H groups in total. The minimum atomic E-state index is -0.408. The topological polar surface area (TPSA) is 109 Å². The standard InChI is InChI=1S/C15H8N4O3/c1-21-9-3-4-10(22-2)12-11(9)13-14(15(12)20)19-8(6-17)7(5-16)18-13/h3-4H,1-2H3. The van der Waals surface area contributed by atoms with E-state index in [0.717, 1.165) is 0 Å². The van der Waals surface area contributed by atoms with E-state index in [4.69, 9.17) is 20.0 Å². The zero-order valence-corrected chi connectivity index (χ0v) is 11.7. The third-order valence-corrected chi connectivity index (χ3v) is 3.36. The number of ketones is 1. The van der Waals surface area contributed by atoms with Gasteiger partial charge in [0.05, 0.1) is 25.3 Å². The van der Waals surface area contributed by atoms with E-state index in [-0.39, 0.29) is 28.3 Å². The molecule has 0 saturated heterocycles. The Balaban J connectivity index is 2.42. The molecule has 0 aliphatic heterocycles. The fourth-order valence-electron chi connectivity index (χ4n) is 2.41. The molecule has 0 amide bonds. The average molecular weight is 292 g/mol. The predicted octanol–water partition coefficient (Wildman–Crippen LogP) is 1.45. The predicted molar refractivity (Wildman–Crippen MR) is 73.4 cm³/mol. The highest BCUT2D eigenvalue weighted by atomic mass is 16.5. The van der Waals surface area contributed by atoms with Gasteiger partial charge in [-0.1, -0.05) is 0 Å². The number of nitrogens with zero attached hydrogens (tertiary/aromatic N) is 4. The Morgan fingerprint density at radius 1 is 0.909 bits per heavy atom. The van der Waals surface area contributed by atoms with Crippen LogP contribution >= 0.6 is 0 Å². The first-order valence-corrected chi connectivity index (χ1v) is 6.18. The number of rotatable bonds is 2. The van der Waals surface area contributed by atoms with Gasteiger partial charge in [-0.3, -0.25) is 4.79 Å². The quantitative estimate of drug-likeness (QED) is 0.703. The SMILES string of the molecule is COc1ccc(OC)c2c1C(=O)c1nc(C#N)c(C#N)nc1-2. The molecule has 106 valence electrons. The molecule has 7 nitrogen and oxygen atoms in total. The number of carbonyl (C=O) groups excluding carboxylic acids is 1. The second-order valence-corrected chi connectivity index (χ2v) is 4.39. The minimum Gasteiger partial charge on any atom is -0.496 e. The summed E-state index contributed by atoms with van der Waals surface area (Å²) in [6.07, 6.45) is 0. The van der Waals surface area contributed by atoms with Gasteiger partial charge in [0.15, 0.2) is 11.4 Å². The lowest BCUT2D eigenvalue weighted by molar-refractivity contribution is 0.103. The van der Waals surface area contributed by atoms with Crippen LogP contribution in [0.2, 0.25) is 0 Å². The van der Waals surface area contributed by atoms with E-state index < -0.39 is 5.78 Å². The van der Waals surface area contributed by atoms with Crippen molar-refractivity contribution < 1.29 is 14.3 Å². The first-order valence-electron chi connectivity index (χ1n) is 6.18. The van der Waals surface area contributed by atoms with Gasteiger partial charge in [0.2, 0.25) is 5.78 Å². The maximum Gasteiger partial charge on any atom is 0.218 e. The molecular weight excluding hydrogens is 284 g/mol. The van der Waals surface area contributed by atoms with Crippen LogP contribution in [0.3, 0.4) is 0 Å². The summed E-state index contributed by atoms with van der Waals surface area (Å²) in [5.74, 6) is 0.373. The van der Waals surface area contributed by atoms with Gasteiger partial charge in [-0.05, 0) is 12.1 Å². The number of methoxy groups -OCH3 is 2. The molecule has 3 rings (SSSR count). The fraction of sp³-hybridized carbons (Fsp3) is 0.133. The highest BCUT2D eigenvalue weighted by molar-refractivity contribution is 6.22. The van der Waals surface area contributed by atoms with Crippen LogP contribution in [-0.2, 0) is 0 Å². The second kappa shape index (κ2) is 4.83. The summed E-state index contributed by atoms with van der Waals surface area (Å²) in [5.41, 5.74) is 0.637. The van der Waals surface area contributed by atoms with Crippen LogP contribution in [0.1, 0.15) is 27.4 Å². The highest BCUT2D eigenvalue weighted by Crippen LogP contribution is 2.45. The van der Waals surface area contributed by atoms with Crippen molar-refractivity contribution in [3.63, 3.8) is 0 Å². The Kier molecular flexibility index (Phi) is 2.97. The molecule has 0 radical (unpaired) electrons. The molecular formula is C15H8N4O3. The number of fused-ring (bicyclic) bond motifs is 3. The summed E-state index contributed by atoms with van der Waals surface area (Å²) >= 11 is 0. The van der Waals surface area contributed by atoms with Gasteiger partial charge in [0.1, 0.15) is 35.0 Å². The molecule has 1 aromatic heterocycles. The molecule has 0 unspecified atom stereocenters. The van der Waals surface area contributed by atoms with Crippen LogP contribution in [0.5, 0.6) is 11.5 Å². The van der Waals surface area contributed by atoms with Crippen LogP contribution in [0.4, 0.5) is 0 Å². The second-order valence-electron chi connectivity index (χ2n) is 4.39. The monoisotopic (exact) mass is 292 g/mol. The maximum absolute atomic E-state index is 12.6. The zero-order chi connectivity index (χ0) is 15.9. The Morgan fingerprint density at radius 2 is 1.41 bits per heavy atom. The van der Waals surface area contributed by atoms with Gasteiger partial charge >= 0.3 is 0 Å². The lowest BCUT2D eigenvalue weighted by atomic mass is 10.1. The van der Waals surface area contributed by atoms with Crippen molar-refractivity contribution in [2.24, 2.45) is 0 Å². The third kappa shape index (κ3) is 1.63. The lowest BCUT2D eigenvalue weighted by Crippen LogP contribution is -2.04. The van der Waals surface area contributed by atoms with Gasteiger partial charge in [-0.15, -0.1) is 0 Å². The van der Waals surface area contributed by atoms with E-state index in [1.165, 1.54) is 14.2 Å². The van der Waals surface area contributed by atoms with E-state index in [1.54, 1.807) is 18.2 Å². The third-order valence-electron chi connectivity index (χ3n) is 3.36. The van der Waals surface area contributed by atoms with Crippen LogP contribution in [0, 0.1) is 22.7 Å². The minimum absolute atomic E-state index is 0.0216. The summed E-state index contributed by atoms with van der Waals surface area (Å²) in [7, 11) is 2.91. The lowest BCUT2D eigenvalue weighted by Gasteiger charge is -2.10. The largest absolute Gasteiger partial charge is 0.496 e. The van der Waals surface area contributed by atoms with Crippen LogP contribution < -0.4 is 9.47 Å². The summed E-state index contributed by atoms with van der Waals surface area (Å²) in [4.78, 5) is 20.7. The number of benzene rings is 1. The van der Waals surface area contributed by atoms with Gasteiger partial charge in [0.25, 0.3) is 0 Å². The molecule has 7 heteroatoms. The summed E-state index contributed by atoms with van der Waals surface area (Å²) in [6, 6.07) is 6.83. The van der Waals surface area contributed by atoms with E-state index in [0.29, 0.717) is 17.1 Å². The molecule has 1 aromatic carbocycles. The van der Waals surface area contributed by atoms with Crippen LogP contribution in [-0.4, -0.2) is 30.0 Å². The number of hydrogen-bond acceptors (Lipinski definition) is 7. The molecule has 2 aromatic rings. The molecule has 22 heavy (non-hydrogen) atoms. The Morgan fingerprint density at radius 3 is 1.91 bits per heavy atom. The molecule has 1 aliphatic carbocycles. The normalized spacial score (nSPS) is 11.2. The number of nitriles is 2. The van der Waals surface area contributed by atoms with Crippen molar-refractivity contribution in [1.29, 1.82) is 10.5 Å². The van der Waals surface area contributed by atoms with Crippen molar-refractivity contribution in [2.45, 2.75) is 0 Å². The molecule has 1 aliphatic rings.